The number of methoxy groups -OCH3 is 1. The minimum atomic E-state index is -3.78. The predicted octanol–water partition coefficient (Wildman–Crippen LogP) is 1.91. The SMILES string of the molecule is CCN(C)CCC(C)N(C)C(=O)COC[C@@H]1COCCN1S(=O)(=O)c1c(C)cc(OC)cc1C. The molecular weight excluding hydrogens is 458 g/mol. The van der Waals surface area contributed by atoms with Crippen molar-refractivity contribution in [2.24, 2.45) is 0 Å². The van der Waals surface area contributed by atoms with Gasteiger partial charge >= 0.3 is 0 Å². The number of ether oxygens (including phenoxy) is 3. The van der Waals surface area contributed by atoms with Crippen molar-refractivity contribution >= 4 is 15.9 Å². The molecule has 10 heteroatoms. The third-order valence-electron chi connectivity index (χ3n) is 6.47. The highest BCUT2D eigenvalue weighted by Crippen LogP contribution is 2.30. The van der Waals surface area contributed by atoms with E-state index in [2.05, 4.69) is 18.9 Å². The van der Waals surface area contributed by atoms with Crippen LogP contribution in [-0.2, 0) is 24.3 Å². The topological polar surface area (TPSA) is 88.6 Å². The molecule has 0 saturated carbocycles. The van der Waals surface area contributed by atoms with Crippen LogP contribution >= 0.6 is 0 Å². The Kier molecular flexibility index (Phi) is 10.8. The van der Waals surface area contributed by atoms with Crippen LogP contribution in [0.15, 0.2) is 17.0 Å². The number of sulfonamides is 1. The zero-order valence-corrected chi connectivity index (χ0v) is 22.5. The number of carbonyl (C=O) groups excluding carboxylic acids is 1. The number of hydrogen-bond donors (Lipinski definition) is 0. The zero-order valence-electron chi connectivity index (χ0n) is 21.7. The summed E-state index contributed by atoms with van der Waals surface area (Å²) in [7, 11) is 1.61. The molecule has 2 atom stereocenters. The molecule has 1 aromatic carbocycles. The average Bonchev–Trinajstić information content (AvgIpc) is 2.81. The van der Waals surface area contributed by atoms with Crippen molar-refractivity contribution < 1.29 is 27.4 Å². The van der Waals surface area contributed by atoms with E-state index in [-0.39, 0.29) is 43.2 Å². The van der Waals surface area contributed by atoms with E-state index in [1.807, 2.05) is 6.92 Å². The molecule has 1 heterocycles. The van der Waals surface area contributed by atoms with Gasteiger partial charge in [-0.2, -0.15) is 4.31 Å². The Morgan fingerprint density at radius 2 is 1.91 bits per heavy atom. The number of likely N-dealkylation sites (N-methyl/N-ethyl adjacent to an activating group) is 1. The first kappa shape index (κ1) is 28.5. The van der Waals surface area contributed by atoms with Crippen LogP contribution in [0.25, 0.3) is 0 Å². The molecule has 0 N–H and O–H groups in total. The molecule has 1 aliphatic rings. The van der Waals surface area contributed by atoms with Gasteiger partial charge in [-0.05, 0) is 70.6 Å². The molecule has 0 radical (unpaired) electrons. The summed E-state index contributed by atoms with van der Waals surface area (Å²) in [5, 5.41) is 0. The minimum absolute atomic E-state index is 0.0833. The summed E-state index contributed by atoms with van der Waals surface area (Å²) in [4.78, 5) is 16.8. The van der Waals surface area contributed by atoms with E-state index in [9.17, 15) is 13.2 Å². The Labute approximate surface area is 205 Å². The number of nitrogens with zero attached hydrogens (tertiary/aromatic N) is 3. The van der Waals surface area contributed by atoms with E-state index < -0.39 is 16.1 Å². The van der Waals surface area contributed by atoms with Gasteiger partial charge in [-0.25, -0.2) is 8.42 Å². The quantitative estimate of drug-likeness (QED) is 0.434. The maximum atomic E-state index is 13.6. The molecule has 0 spiro atoms. The van der Waals surface area contributed by atoms with Gasteiger partial charge in [-0.3, -0.25) is 4.79 Å². The molecule has 0 bridgehead atoms. The van der Waals surface area contributed by atoms with E-state index in [0.29, 0.717) is 23.5 Å². The molecule has 1 fully saturated rings. The van der Waals surface area contributed by atoms with Crippen LogP contribution in [0, 0.1) is 13.8 Å². The van der Waals surface area contributed by atoms with Crippen LogP contribution in [-0.4, -0.2) is 108 Å². The van der Waals surface area contributed by atoms with Crippen LogP contribution in [0.1, 0.15) is 31.4 Å². The Bertz CT molecular complexity index is 900. The van der Waals surface area contributed by atoms with E-state index >= 15 is 0 Å². The van der Waals surface area contributed by atoms with Crippen molar-refractivity contribution in [2.45, 2.75) is 51.1 Å². The van der Waals surface area contributed by atoms with Crippen molar-refractivity contribution in [2.75, 3.05) is 67.3 Å². The molecule has 1 amide bonds. The van der Waals surface area contributed by atoms with Crippen molar-refractivity contribution in [1.29, 1.82) is 0 Å². The highest BCUT2D eigenvalue weighted by atomic mass is 32.2. The van der Waals surface area contributed by atoms with Crippen molar-refractivity contribution in [3.05, 3.63) is 23.3 Å². The summed E-state index contributed by atoms with van der Waals surface area (Å²) in [5.74, 6) is 0.494. The number of hydrogen-bond acceptors (Lipinski definition) is 7. The number of carbonyl (C=O) groups is 1. The lowest BCUT2D eigenvalue weighted by Gasteiger charge is -2.35. The average molecular weight is 500 g/mol. The van der Waals surface area contributed by atoms with Gasteiger partial charge in [0.05, 0.1) is 37.9 Å². The summed E-state index contributed by atoms with van der Waals surface area (Å²) in [6.45, 7) is 10.3. The van der Waals surface area contributed by atoms with Crippen molar-refractivity contribution in [1.82, 2.24) is 14.1 Å². The molecule has 1 aromatic rings. The third-order valence-corrected chi connectivity index (χ3v) is 8.73. The van der Waals surface area contributed by atoms with Crippen LogP contribution in [0.2, 0.25) is 0 Å². The number of benzene rings is 1. The third kappa shape index (κ3) is 7.14. The summed E-state index contributed by atoms with van der Waals surface area (Å²) in [6.07, 6.45) is 0.871. The molecule has 0 aliphatic carbocycles. The normalized spacial score (nSPS) is 18.2. The molecule has 9 nitrogen and oxygen atoms in total. The molecular formula is C24H41N3O6S. The Hall–Kier alpha value is -1.72. The first-order valence-electron chi connectivity index (χ1n) is 11.8. The summed E-state index contributed by atoms with van der Waals surface area (Å²) >= 11 is 0. The highest BCUT2D eigenvalue weighted by molar-refractivity contribution is 7.89. The molecule has 34 heavy (non-hydrogen) atoms. The lowest BCUT2D eigenvalue weighted by molar-refractivity contribution is -0.137. The summed E-state index contributed by atoms with van der Waals surface area (Å²) in [5.41, 5.74) is 1.25. The lowest BCUT2D eigenvalue weighted by atomic mass is 10.1. The van der Waals surface area contributed by atoms with Crippen LogP contribution in [0.4, 0.5) is 0 Å². The fraction of sp³-hybridized carbons (Fsp3) is 0.708. The van der Waals surface area contributed by atoms with Gasteiger partial charge in [0, 0.05) is 19.6 Å². The molecule has 1 saturated heterocycles. The van der Waals surface area contributed by atoms with Gasteiger partial charge in [0.15, 0.2) is 0 Å². The van der Waals surface area contributed by atoms with E-state index in [0.717, 1.165) is 19.5 Å². The first-order valence-corrected chi connectivity index (χ1v) is 13.2. The van der Waals surface area contributed by atoms with Gasteiger partial charge in [0.2, 0.25) is 15.9 Å². The van der Waals surface area contributed by atoms with Gasteiger partial charge in [0.1, 0.15) is 12.4 Å². The summed E-state index contributed by atoms with van der Waals surface area (Å²) in [6, 6.07) is 3.02. The number of aryl methyl sites for hydroxylation is 2. The second-order valence-corrected chi connectivity index (χ2v) is 10.8. The fourth-order valence-corrected chi connectivity index (χ4v) is 6.02. The number of amides is 1. The monoisotopic (exact) mass is 499 g/mol. The van der Waals surface area contributed by atoms with Crippen LogP contribution < -0.4 is 4.74 Å². The largest absolute Gasteiger partial charge is 0.497 e. The zero-order chi connectivity index (χ0) is 25.5. The van der Waals surface area contributed by atoms with Gasteiger partial charge in [0.25, 0.3) is 0 Å². The smallest absolute Gasteiger partial charge is 0.248 e. The van der Waals surface area contributed by atoms with Crippen molar-refractivity contribution in [3.8, 4) is 5.75 Å². The molecule has 1 unspecified atom stereocenters. The lowest BCUT2D eigenvalue weighted by Crippen LogP contribution is -2.51. The Morgan fingerprint density at radius 1 is 1.26 bits per heavy atom. The minimum Gasteiger partial charge on any atom is -0.497 e. The van der Waals surface area contributed by atoms with Gasteiger partial charge < -0.3 is 24.0 Å². The van der Waals surface area contributed by atoms with Crippen molar-refractivity contribution in [3.63, 3.8) is 0 Å². The molecule has 194 valence electrons. The highest BCUT2D eigenvalue weighted by Gasteiger charge is 2.36. The van der Waals surface area contributed by atoms with E-state index in [4.69, 9.17) is 14.2 Å². The molecule has 2 rings (SSSR count). The van der Waals surface area contributed by atoms with Gasteiger partial charge in [-0.15, -0.1) is 0 Å². The maximum absolute atomic E-state index is 13.6. The summed E-state index contributed by atoms with van der Waals surface area (Å²) < 4.78 is 45.1. The van der Waals surface area contributed by atoms with E-state index in [1.54, 1.807) is 45.0 Å². The fourth-order valence-electron chi connectivity index (χ4n) is 4.03. The predicted molar refractivity (Wildman–Crippen MR) is 132 cm³/mol. The van der Waals surface area contributed by atoms with Gasteiger partial charge in [-0.1, -0.05) is 6.92 Å². The van der Waals surface area contributed by atoms with E-state index in [1.165, 1.54) is 4.31 Å². The number of morpholine rings is 1. The standard InChI is InChI=1S/C24H41N3O6S/c1-8-25(5)10-9-20(4)26(6)23(28)17-33-16-21-15-32-12-11-27(21)34(29,30)24-18(2)13-22(31-7)14-19(24)3/h13-14,20-21H,8-12,15-17H2,1-7H3/t20?,21-/m0/s1. The molecule has 1 aliphatic heterocycles. The second-order valence-electron chi connectivity index (χ2n) is 8.99. The second kappa shape index (κ2) is 12.8. The molecule has 0 aromatic heterocycles. The number of rotatable bonds is 12. The maximum Gasteiger partial charge on any atom is 0.248 e. The Balaban J connectivity index is 2.02. The van der Waals surface area contributed by atoms with Crippen LogP contribution in [0.3, 0.4) is 0 Å². The first-order chi connectivity index (χ1) is 16.0. The Morgan fingerprint density at radius 3 is 2.50 bits per heavy atom. The van der Waals surface area contributed by atoms with Crippen LogP contribution in [0.5, 0.6) is 5.75 Å².